The maximum absolute atomic E-state index is 13.0. The number of hydrogen-bond donors (Lipinski definition) is 1. The summed E-state index contributed by atoms with van der Waals surface area (Å²) in [5, 5.41) is 6.01. The van der Waals surface area contributed by atoms with Crippen LogP contribution in [0.2, 0.25) is 0 Å². The Bertz CT molecular complexity index is 878. The Morgan fingerprint density at radius 2 is 1.69 bits per heavy atom. The smallest absolute Gasteiger partial charge is 0.270 e. The lowest BCUT2D eigenvalue weighted by molar-refractivity contribution is -0.125. The molecule has 2 amide bonds. The van der Waals surface area contributed by atoms with Crippen molar-refractivity contribution >= 4 is 23.2 Å². The van der Waals surface area contributed by atoms with E-state index in [1.165, 1.54) is 5.56 Å². The maximum Gasteiger partial charge on any atom is 0.270 e. The lowest BCUT2D eigenvalue weighted by Crippen LogP contribution is -2.41. The second kappa shape index (κ2) is 6.63. The van der Waals surface area contributed by atoms with Crippen molar-refractivity contribution in [3.63, 3.8) is 0 Å². The van der Waals surface area contributed by atoms with Gasteiger partial charge < -0.3 is 10.6 Å². The zero-order chi connectivity index (χ0) is 18.1. The van der Waals surface area contributed by atoms with E-state index in [9.17, 15) is 9.59 Å². The van der Waals surface area contributed by atoms with Gasteiger partial charge in [0.1, 0.15) is 11.8 Å². The number of para-hydroxylation sites is 1. The number of primary amides is 1. The third kappa shape index (κ3) is 2.94. The average molecular weight is 348 g/mol. The van der Waals surface area contributed by atoms with Gasteiger partial charge in [0.15, 0.2) is 0 Å². The molecule has 1 atom stereocenters. The molecule has 0 saturated carbocycles. The normalized spacial score (nSPS) is 19.1. The van der Waals surface area contributed by atoms with Gasteiger partial charge in [-0.2, -0.15) is 5.10 Å². The minimum absolute atomic E-state index is 0.121. The lowest BCUT2D eigenvalue weighted by Gasteiger charge is -2.28. The summed E-state index contributed by atoms with van der Waals surface area (Å²) in [6.45, 7) is 1.22. The molecule has 0 radical (unpaired) electrons. The van der Waals surface area contributed by atoms with Crippen LogP contribution in [-0.4, -0.2) is 35.0 Å². The molecule has 0 aliphatic carbocycles. The number of benzene rings is 2. The molecule has 0 fully saturated rings. The molecule has 132 valence electrons. The molecule has 2 aliphatic heterocycles. The maximum atomic E-state index is 13.0. The number of rotatable bonds is 3. The highest BCUT2D eigenvalue weighted by molar-refractivity contribution is 6.40. The first kappa shape index (κ1) is 16.3. The summed E-state index contributed by atoms with van der Waals surface area (Å²) in [7, 11) is 0. The Labute approximate surface area is 151 Å². The average Bonchev–Trinajstić information content (AvgIpc) is 3.13. The van der Waals surface area contributed by atoms with Crippen molar-refractivity contribution in [1.29, 1.82) is 0 Å². The molecule has 1 unspecified atom stereocenters. The van der Waals surface area contributed by atoms with E-state index < -0.39 is 11.9 Å². The summed E-state index contributed by atoms with van der Waals surface area (Å²) in [5.74, 6) is -0.603. The fourth-order valence-electron chi connectivity index (χ4n) is 3.53. The van der Waals surface area contributed by atoms with Gasteiger partial charge in [-0.25, -0.2) is 0 Å². The number of nitrogens with two attached hydrogens (primary N) is 1. The Balaban J connectivity index is 1.57. The molecule has 0 aromatic heterocycles. The Morgan fingerprint density at radius 3 is 2.42 bits per heavy atom. The fourth-order valence-corrected chi connectivity index (χ4v) is 3.53. The van der Waals surface area contributed by atoms with Gasteiger partial charge in [-0.15, -0.1) is 0 Å². The monoisotopic (exact) mass is 348 g/mol. The number of amides is 2. The van der Waals surface area contributed by atoms with E-state index in [4.69, 9.17) is 5.73 Å². The van der Waals surface area contributed by atoms with Gasteiger partial charge in [0, 0.05) is 19.5 Å². The number of fused-ring (bicyclic) bond motifs is 1. The van der Waals surface area contributed by atoms with Crippen LogP contribution in [0.1, 0.15) is 17.5 Å². The highest BCUT2D eigenvalue weighted by Crippen LogP contribution is 2.26. The van der Waals surface area contributed by atoms with Crippen molar-refractivity contribution in [3.05, 3.63) is 65.7 Å². The molecule has 2 aromatic carbocycles. The van der Waals surface area contributed by atoms with Crippen molar-refractivity contribution in [2.24, 2.45) is 10.8 Å². The molecule has 26 heavy (non-hydrogen) atoms. The topological polar surface area (TPSA) is 79.0 Å². The quantitative estimate of drug-likeness (QED) is 0.917. The van der Waals surface area contributed by atoms with Crippen molar-refractivity contribution < 1.29 is 9.59 Å². The first-order chi connectivity index (χ1) is 12.6. The number of anilines is 1. The third-order valence-electron chi connectivity index (χ3n) is 4.92. The minimum atomic E-state index is -0.631. The van der Waals surface area contributed by atoms with Crippen LogP contribution in [0.3, 0.4) is 0 Å². The third-order valence-corrected chi connectivity index (χ3v) is 4.92. The number of carbonyl (C=O) groups is 2. The highest BCUT2D eigenvalue weighted by Gasteiger charge is 2.37. The van der Waals surface area contributed by atoms with E-state index in [0.29, 0.717) is 18.8 Å². The Morgan fingerprint density at radius 1 is 1.00 bits per heavy atom. The minimum Gasteiger partial charge on any atom is -0.368 e. The van der Waals surface area contributed by atoms with Gasteiger partial charge in [0.05, 0.1) is 5.69 Å². The van der Waals surface area contributed by atoms with Gasteiger partial charge >= 0.3 is 0 Å². The van der Waals surface area contributed by atoms with Gasteiger partial charge in [-0.3, -0.25) is 14.6 Å². The lowest BCUT2D eigenvalue weighted by atomic mass is 9.99. The molecule has 0 saturated heterocycles. The van der Waals surface area contributed by atoms with E-state index >= 15 is 0 Å². The molecule has 2 heterocycles. The number of nitrogens with zero attached hydrogens (tertiary/aromatic N) is 3. The number of carbonyl (C=O) groups excluding carboxylic acids is 2. The van der Waals surface area contributed by atoms with E-state index in [0.717, 1.165) is 17.7 Å². The molecule has 6 nitrogen and oxygen atoms in total. The van der Waals surface area contributed by atoms with E-state index in [2.05, 4.69) is 11.2 Å². The van der Waals surface area contributed by atoms with Gasteiger partial charge in [-0.05, 0) is 29.7 Å². The number of hydrogen-bond acceptors (Lipinski definition) is 4. The first-order valence-electron chi connectivity index (χ1n) is 8.70. The summed E-state index contributed by atoms with van der Waals surface area (Å²) >= 11 is 0. The van der Waals surface area contributed by atoms with Crippen LogP contribution in [-0.2, 0) is 22.6 Å². The van der Waals surface area contributed by atoms with Crippen molar-refractivity contribution in [2.75, 3.05) is 11.6 Å². The molecule has 2 aliphatic rings. The number of hydrazone groups is 1. The zero-order valence-electron chi connectivity index (χ0n) is 14.3. The van der Waals surface area contributed by atoms with Crippen LogP contribution in [0.25, 0.3) is 0 Å². The second-order valence-electron chi connectivity index (χ2n) is 6.59. The van der Waals surface area contributed by atoms with Crippen molar-refractivity contribution in [3.8, 4) is 0 Å². The molecular weight excluding hydrogens is 328 g/mol. The molecule has 4 rings (SSSR count). The van der Waals surface area contributed by atoms with Crippen LogP contribution >= 0.6 is 0 Å². The SMILES string of the molecule is NC(=O)C1CC(C(=O)N2CCc3ccccc3C2)=NN1c1ccccc1. The second-order valence-corrected chi connectivity index (χ2v) is 6.59. The van der Waals surface area contributed by atoms with Crippen LogP contribution in [0.5, 0.6) is 0 Å². The molecule has 2 N–H and O–H groups in total. The molecule has 2 aromatic rings. The largest absolute Gasteiger partial charge is 0.368 e. The summed E-state index contributed by atoms with van der Waals surface area (Å²) in [6.07, 6.45) is 1.07. The fraction of sp³-hybridized carbons (Fsp3) is 0.250. The zero-order valence-corrected chi connectivity index (χ0v) is 14.3. The molecule has 0 bridgehead atoms. The van der Waals surface area contributed by atoms with E-state index in [1.54, 1.807) is 9.91 Å². The Kier molecular flexibility index (Phi) is 4.16. The van der Waals surface area contributed by atoms with Crippen LogP contribution in [0, 0.1) is 0 Å². The van der Waals surface area contributed by atoms with Crippen LogP contribution in [0.4, 0.5) is 5.69 Å². The van der Waals surface area contributed by atoms with E-state index in [1.807, 2.05) is 48.5 Å². The van der Waals surface area contributed by atoms with Gasteiger partial charge in [0.2, 0.25) is 5.91 Å². The highest BCUT2D eigenvalue weighted by atomic mass is 16.2. The van der Waals surface area contributed by atoms with Crippen LogP contribution in [0.15, 0.2) is 59.7 Å². The molecule has 0 spiro atoms. The summed E-state index contributed by atoms with van der Waals surface area (Å²) in [5.41, 5.74) is 9.14. The predicted octanol–water partition coefficient (Wildman–Crippen LogP) is 1.69. The molecule has 6 heteroatoms. The summed E-state index contributed by atoms with van der Waals surface area (Å²) in [4.78, 5) is 26.6. The van der Waals surface area contributed by atoms with E-state index in [-0.39, 0.29) is 12.3 Å². The van der Waals surface area contributed by atoms with Crippen molar-refractivity contribution in [2.45, 2.75) is 25.4 Å². The predicted molar refractivity (Wildman–Crippen MR) is 99.5 cm³/mol. The van der Waals surface area contributed by atoms with Crippen LogP contribution < -0.4 is 10.7 Å². The van der Waals surface area contributed by atoms with Crippen molar-refractivity contribution in [1.82, 2.24) is 4.90 Å². The van der Waals surface area contributed by atoms with Gasteiger partial charge in [0.25, 0.3) is 5.91 Å². The summed E-state index contributed by atoms with van der Waals surface area (Å²) in [6, 6.07) is 16.8. The Hall–Kier alpha value is -3.15. The summed E-state index contributed by atoms with van der Waals surface area (Å²) < 4.78 is 0. The molecular formula is C20H20N4O2. The standard InChI is InChI=1S/C20H20N4O2/c21-19(25)18-12-17(22-24(18)16-8-2-1-3-9-16)20(26)23-11-10-14-6-4-5-7-15(14)13-23/h1-9,18H,10-13H2,(H2,21,25). The van der Waals surface area contributed by atoms with Gasteiger partial charge in [-0.1, -0.05) is 42.5 Å². The first-order valence-corrected chi connectivity index (χ1v) is 8.70.